The molecule has 1 aromatic rings. The van der Waals surface area contributed by atoms with E-state index >= 15 is 0 Å². The number of aliphatic carboxylic acids is 1. The Labute approximate surface area is 152 Å². The molecular formula is C19H25N3O4. The summed E-state index contributed by atoms with van der Waals surface area (Å²) in [6, 6.07) is 3.61. The zero-order valence-electron chi connectivity index (χ0n) is 15.3. The highest BCUT2D eigenvalue weighted by Gasteiger charge is 2.59. The number of fused-ring (bicyclic) bond motifs is 1. The number of nitrogens with zero attached hydrogens (tertiary/aromatic N) is 3. The number of carboxylic acid groups (broad SMARTS) is 1. The molecular weight excluding hydrogens is 334 g/mol. The first-order valence-corrected chi connectivity index (χ1v) is 8.95. The molecule has 0 radical (unpaired) electrons. The molecule has 0 aromatic carbocycles. The number of pyridine rings is 1. The van der Waals surface area contributed by atoms with E-state index in [-0.39, 0.29) is 23.6 Å². The smallest absolute Gasteiger partial charge is 0.352 e. The maximum absolute atomic E-state index is 12.4. The molecule has 0 saturated carbocycles. The molecule has 0 bridgehead atoms. The van der Waals surface area contributed by atoms with E-state index in [1.807, 2.05) is 26.0 Å². The number of hydrogen-bond donors (Lipinski definition) is 2. The van der Waals surface area contributed by atoms with Gasteiger partial charge in [-0.3, -0.25) is 14.7 Å². The maximum atomic E-state index is 12.4. The lowest BCUT2D eigenvalue weighted by atomic mass is 9.77. The van der Waals surface area contributed by atoms with Gasteiger partial charge in [-0.2, -0.15) is 0 Å². The Balaban J connectivity index is 1.85. The van der Waals surface area contributed by atoms with Gasteiger partial charge in [0.2, 0.25) is 5.91 Å². The summed E-state index contributed by atoms with van der Waals surface area (Å²) in [5.41, 5.74) is 1.96. The van der Waals surface area contributed by atoms with Crippen LogP contribution in [-0.4, -0.2) is 62.1 Å². The van der Waals surface area contributed by atoms with E-state index < -0.39 is 18.0 Å². The number of β-lactam (4-membered cyclic amide) rings is 1. The standard InChI is InChI=1S/C19H25N3O4/c1-4-21(9-13-5-7-20-8-6-13)10-14-11(2)16-15(12(3)23)18(24)22(16)17(14)19(25)26/h5-8,11-12,15-16,23H,4,9-10H2,1-3H3,(H,25,26)/t11-,12+,15+,16+/m0/s1. The van der Waals surface area contributed by atoms with E-state index in [1.54, 1.807) is 19.3 Å². The summed E-state index contributed by atoms with van der Waals surface area (Å²) in [5.74, 6) is -1.98. The lowest BCUT2D eigenvalue weighted by molar-refractivity contribution is -0.163. The fourth-order valence-corrected chi connectivity index (χ4v) is 4.12. The van der Waals surface area contributed by atoms with Gasteiger partial charge in [-0.1, -0.05) is 13.8 Å². The minimum atomic E-state index is -1.08. The number of likely N-dealkylation sites (N-methyl/N-ethyl adjacent to an activating group) is 1. The zero-order chi connectivity index (χ0) is 19.0. The quantitative estimate of drug-likeness (QED) is 0.708. The van der Waals surface area contributed by atoms with Crippen LogP contribution >= 0.6 is 0 Å². The number of rotatable bonds is 7. The predicted octanol–water partition coefficient (Wildman–Crippen LogP) is 1.10. The Morgan fingerprint density at radius 1 is 1.35 bits per heavy atom. The Hall–Kier alpha value is -2.25. The van der Waals surface area contributed by atoms with E-state index in [9.17, 15) is 19.8 Å². The van der Waals surface area contributed by atoms with E-state index in [0.717, 1.165) is 17.7 Å². The molecule has 3 heterocycles. The molecule has 140 valence electrons. The molecule has 1 saturated heterocycles. The normalized spacial score (nSPS) is 26.1. The zero-order valence-corrected chi connectivity index (χ0v) is 15.3. The van der Waals surface area contributed by atoms with Crippen LogP contribution in [0, 0.1) is 11.8 Å². The summed E-state index contributed by atoms with van der Waals surface area (Å²) in [6.07, 6.45) is 2.70. The van der Waals surface area contributed by atoms with Gasteiger partial charge in [0.05, 0.1) is 18.1 Å². The van der Waals surface area contributed by atoms with Gasteiger partial charge in [-0.15, -0.1) is 0 Å². The molecule has 4 atom stereocenters. The number of carboxylic acids is 1. The summed E-state index contributed by atoms with van der Waals surface area (Å²) < 4.78 is 0. The Kier molecular flexibility index (Phi) is 5.11. The average Bonchev–Trinajstić information content (AvgIpc) is 2.84. The van der Waals surface area contributed by atoms with Crippen molar-refractivity contribution in [2.45, 2.75) is 39.5 Å². The van der Waals surface area contributed by atoms with Crippen LogP contribution in [0.25, 0.3) is 0 Å². The van der Waals surface area contributed by atoms with Crippen molar-refractivity contribution < 1.29 is 19.8 Å². The van der Waals surface area contributed by atoms with Crippen molar-refractivity contribution in [2.75, 3.05) is 13.1 Å². The molecule has 2 N–H and O–H groups in total. The Morgan fingerprint density at radius 3 is 2.54 bits per heavy atom. The lowest BCUT2D eigenvalue weighted by Gasteiger charge is -2.46. The van der Waals surface area contributed by atoms with Crippen molar-refractivity contribution in [3.63, 3.8) is 0 Å². The van der Waals surface area contributed by atoms with Crippen molar-refractivity contribution in [1.82, 2.24) is 14.8 Å². The van der Waals surface area contributed by atoms with Gasteiger partial charge in [-0.05, 0) is 36.7 Å². The van der Waals surface area contributed by atoms with E-state index in [1.165, 1.54) is 4.90 Å². The largest absolute Gasteiger partial charge is 0.477 e. The lowest BCUT2D eigenvalue weighted by Crippen LogP contribution is -2.63. The second-order valence-electron chi connectivity index (χ2n) is 7.09. The fourth-order valence-electron chi connectivity index (χ4n) is 4.12. The fraction of sp³-hybridized carbons (Fsp3) is 0.526. The second kappa shape index (κ2) is 7.17. The van der Waals surface area contributed by atoms with Gasteiger partial charge in [0.25, 0.3) is 0 Å². The number of hydrogen-bond acceptors (Lipinski definition) is 5. The third-order valence-corrected chi connectivity index (χ3v) is 5.51. The highest BCUT2D eigenvalue weighted by Crippen LogP contribution is 2.47. The summed E-state index contributed by atoms with van der Waals surface area (Å²) in [5, 5.41) is 19.6. The number of amides is 1. The van der Waals surface area contributed by atoms with Gasteiger partial charge < -0.3 is 15.1 Å². The maximum Gasteiger partial charge on any atom is 0.352 e. The molecule has 7 heteroatoms. The average molecular weight is 359 g/mol. The third-order valence-electron chi connectivity index (χ3n) is 5.51. The van der Waals surface area contributed by atoms with Gasteiger partial charge in [-0.25, -0.2) is 4.79 Å². The summed E-state index contributed by atoms with van der Waals surface area (Å²) in [4.78, 5) is 31.8. The van der Waals surface area contributed by atoms with Gasteiger partial charge >= 0.3 is 5.97 Å². The van der Waals surface area contributed by atoms with Crippen molar-refractivity contribution >= 4 is 11.9 Å². The van der Waals surface area contributed by atoms with Crippen LogP contribution in [0.4, 0.5) is 0 Å². The highest BCUT2D eigenvalue weighted by molar-refractivity contribution is 6.00. The van der Waals surface area contributed by atoms with Gasteiger partial charge in [0.15, 0.2) is 0 Å². The van der Waals surface area contributed by atoms with Crippen molar-refractivity contribution in [2.24, 2.45) is 11.8 Å². The number of carbonyl (C=O) groups excluding carboxylic acids is 1. The van der Waals surface area contributed by atoms with Crippen LogP contribution in [0.2, 0.25) is 0 Å². The van der Waals surface area contributed by atoms with Gasteiger partial charge in [0.1, 0.15) is 5.70 Å². The Bertz CT molecular complexity index is 732. The highest BCUT2D eigenvalue weighted by atomic mass is 16.4. The van der Waals surface area contributed by atoms with Crippen molar-refractivity contribution in [1.29, 1.82) is 0 Å². The molecule has 0 spiro atoms. The molecule has 3 rings (SSSR count). The van der Waals surface area contributed by atoms with E-state index in [4.69, 9.17) is 0 Å². The van der Waals surface area contributed by atoms with Gasteiger partial charge in [0, 0.05) is 31.4 Å². The predicted molar refractivity (Wildman–Crippen MR) is 94.8 cm³/mol. The number of aliphatic hydroxyl groups is 1. The molecule has 2 aliphatic heterocycles. The summed E-state index contributed by atoms with van der Waals surface area (Å²) in [6.45, 7) is 7.48. The van der Waals surface area contributed by atoms with E-state index in [2.05, 4.69) is 9.88 Å². The number of aromatic nitrogens is 1. The molecule has 26 heavy (non-hydrogen) atoms. The molecule has 1 amide bonds. The molecule has 0 aliphatic carbocycles. The van der Waals surface area contributed by atoms with Crippen molar-refractivity contribution in [3.8, 4) is 0 Å². The number of carbonyl (C=O) groups is 2. The van der Waals surface area contributed by atoms with Crippen molar-refractivity contribution in [3.05, 3.63) is 41.4 Å². The van der Waals surface area contributed by atoms with Crippen LogP contribution in [0.15, 0.2) is 35.8 Å². The SMILES string of the molecule is CCN(CC1=C(C(=O)O)N2C(=O)[C@H]([C@@H](C)O)[C@H]2[C@H]1C)Cc1ccncc1. The van der Waals surface area contributed by atoms with Crippen LogP contribution in [0.5, 0.6) is 0 Å². The first kappa shape index (κ1) is 18.5. The minimum Gasteiger partial charge on any atom is -0.477 e. The number of aliphatic hydroxyl groups excluding tert-OH is 1. The molecule has 7 nitrogen and oxygen atoms in total. The first-order valence-electron chi connectivity index (χ1n) is 8.95. The van der Waals surface area contributed by atoms with Crippen LogP contribution in [-0.2, 0) is 16.1 Å². The molecule has 1 aromatic heterocycles. The second-order valence-corrected chi connectivity index (χ2v) is 7.09. The van der Waals surface area contributed by atoms with Crippen LogP contribution in [0.3, 0.4) is 0 Å². The topological polar surface area (TPSA) is 94.0 Å². The minimum absolute atomic E-state index is 0.0927. The molecule has 0 unspecified atom stereocenters. The summed E-state index contributed by atoms with van der Waals surface area (Å²) >= 11 is 0. The van der Waals surface area contributed by atoms with E-state index in [0.29, 0.717) is 13.1 Å². The summed E-state index contributed by atoms with van der Waals surface area (Å²) in [7, 11) is 0. The Morgan fingerprint density at radius 2 is 2.00 bits per heavy atom. The van der Waals surface area contributed by atoms with Crippen LogP contribution in [0.1, 0.15) is 26.3 Å². The molecule has 1 fully saturated rings. The van der Waals surface area contributed by atoms with Crippen LogP contribution < -0.4 is 0 Å². The third kappa shape index (κ3) is 3.01. The monoisotopic (exact) mass is 359 g/mol. The first-order chi connectivity index (χ1) is 12.4. The molecule has 2 aliphatic rings.